The highest BCUT2D eigenvalue weighted by Gasteiger charge is 2.25. The third-order valence-electron chi connectivity index (χ3n) is 5.16. The van der Waals surface area contributed by atoms with E-state index in [0.29, 0.717) is 11.9 Å². The first-order chi connectivity index (χ1) is 14.3. The number of anilines is 4. The smallest absolute Gasteiger partial charge is 0.229 e. The summed E-state index contributed by atoms with van der Waals surface area (Å²) in [6, 6.07) is 16.0. The van der Waals surface area contributed by atoms with Gasteiger partial charge in [-0.25, -0.2) is 4.98 Å². The zero-order chi connectivity index (χ0) is 19.2. The molecule has 142 valence electrons. The molecule has 8 nitrogen and oxygen atoms in total. The van der Waals surface area contributed by atoms with Crippen LogP contribution in [-0.4, -0.2) is 30.4 Å². The molecule has 1 saturated carbocycles. The molecule has 6 rings (SSSR count). The molecule has 0 saturated heterocycles. The lowest BCUT2D eigenvalue weighted by molar-refractivity contribution is 0.966. The second-order valence-electron chi connectivity index (χ2n) is 7.32. The molecule has 0 amide bonds. The number of aromatic nitrogens is 6. The van der Waals surface area contributed by atoms with Crippen molar-refractivity contribution in [2.75, 3.05) is 10.6 Å². The molecule has 0 spiro atoms. The second-order valence-corrected chi connectivity index (χ2v) is 7.32. The summed E-state index contributed by atoms with van der Waals surface area (Å²) < 4.78 is 0. The van der Waals surface area contributed by atoms with Crippen molar-refractivity contribution in [2.24, 2.45) is 0 Å². The molecule has 0 unspecified atom stereocenters. The Morgan fingerprint density at radius 2 is 1.86 bits per heavy atom. The lowest BCUT2D eigenvalue weighted by atomic mass is 10.2. The minimum atomic E-state index is 0.517. The number of hydrogen-bond acceptors (Lipinski definition) is 6. The predicted molar refractivity (Wildman–Crippen MR) is 113 cm³/mol. The predicted octanol–water partition coefficient (Wildman–Crippen LogP) is 4.59. The molecule has 1 aliphatic carbocycles. The Hall–Kier alpha value is -3.94. The van der Waals surface area contributed by atoms with Crippen LogP contribution < -0.4 is 10.6 Å². The summed E-state index contributed by atoms with van der Waals surface area (Å²) in [6.07, 6.45) is 4.26. The van der Waals surface area contributed by atoms with Gasteiger partial charge in [-0.15, -0.1) is 0 Å². The Morgan fingerprint density at radius 3 is 2.79 bits per heavy atom. The van der Waals surface area contributed by atoms with E-state index in [4.69, 9.17) is 4.98 Å². The van der Waals surface area contributed by atoms with E-state index in [0.717, 1.165) is 39.1 Å². The zero-order valence-electron chi connectivity index (χ0n) is 15.5. The van der Waals surface area contributed by atoms with Gasteiger partial charge in [-0.3, -0.25) is 10.2 Å². The van der Waals surface area contributed by atoms with E-state index in [1.165, 1.54) is 18.5 Å². The van der Waals surface area contributed by atoms with Crippen molar-refractivity contribution in [3.8, 4) is 0 Å². The highest BCUT2D eigenvalue weighted by Crippen LogP contribution is 2.39. The van der Waals surface area contributed by atoms with Crippen LogP contribution in [0.1, 0.15) is 24.5 Å². The molecule has 5 aromatic rings. The summed E-state index contributed by atoms with van der Waals surface area (Å²) in [6.45, 7) is 0. The number of nitrogens with zero attached hydrogens (tertiary/aromatic N) is 4. The molecule has 29 heavy (non-hydrogen) atoms. The van der Waals surface area contributed by atoms with Gasteiger partial charge >= 0.3 is 0 Å². The number of para-hydroxylation sites is 1. The Labute approximate surface area is 165 Å². The number of fused-ring (bicyclic) bond motifs is 2. The number of benzene rings is 2. The summed E-state index contributed by atoms with van der Waals surface area (Å²) >= 11 is 0. The van der Waals surface area contributed by atoms with Gasteiger partial charge in [0.05, 0.1) is 17.2 Å². The Morgan fingerprint density at radius 1 is 0.931 bits per heavy atom. The third-order valence-corrected chi connectivity index (χ3v) is 5.16. The second kappa shape index (κ2) is 6.30. The van der Waals surface area contributed by atoms with Gasteiger partial charge in [0.15, 0.2) is 5.82 Å². The molecular formula is C21H18N8. The van der Waals surface area contributed by atoms with Crippen LogP contribution in [-0.2, 0) is 0 Å². The first-order valence-corrected chi connectivity index (χ1v) is 9.61. The van der Waals surface area contributed by atoms with Crippen molar-refractivity contribution in [1.29, 1.82) is 0 Å². The van der Waals surface area contributed by atoms with Crippen LogP contribution in [0.2, 0.25) is 0 Å². The molecule has 0 aliphatic heterocycles. The molecule has 2 aromatic carbocycles. The number of nitrogens with one attached hydrogen (secondary N) is 4. The monoisotopic (exact) mass is 382 g/mol. The quantitative estimate of drug-likeness (QED) is 0.354. The van der Waals surface area contributed by atoms with Crippen LogP contribution in [0.3, 0.4) is 0 Å². The van der Waals surface area contributed by atoms with Gasteiger partial charge in [0.25, 0.3) is 0 Å². The number of H-pyrrole nitrogens is 2. The highest BCUT2D eigenvalue weighted by molar-refractivity contribution is 5.92. The van der Waals surface area contributed by atoms with Crippen LogP contribution >= 0.6 is 0 Å². The molecule has 4 N–H and O–H groups in total. The normalized spacial score (nSPS) is 13.8. The molecule has 1 fully saturated rings. The number of rotatable bonds is 5. The van der Waals surface area contributed by atoms with Gasteiger partial charge in [0, 0.05) is 34.1 Å². The Bertz CT molecular complexity index is 1330. The maximum Gasteiger partial charge on any atom is 0.229 e. The van der Waals surface area contributed by atoms with Gasteiger partial charge in [-0.05, 0) is 43.2 Å². The topological polar surface area (TPSA) is 107 Å². The van der Waals surface area contributed by atoms with Crippen molar-refractivity contribution in [3.63, 3.8) is 0 Å². The van der Waals surface area contributed by atoms with Gasteiger partial charge in [0.2, 0.25) is 5.95 Å². The molecule has 3 heterocycles. The molecular weight excluding hydrogens is 364 g/mol. The van der Waals surface area contributed by atoms with Crippen LogP contribution in [0.5, 0.6) is 0 Å². The molecule has 0 bridgehead atoms. The van der Waals surface area contributed by atoms with Gasteiger partial charge in [-0.1, -0.05) is 12.1 Å². The maximum atomic E-state index is 4.72. The van der Waals surface area contributed by atoms with E-state index in [9.17, 15) is 0 Å². The van der Waals surface area contributed by atoms with E-state index < -0.39 is 0 Å². The minimum absolute atomic E-state index is 0.517. The summed E-state index contributed by atoms with van der Waals surface area (Å²) in [4.78, 5) is 9.38. The number of aromatic amines is 2. The van der Waals surface area contributed by atoms with Gasteiger partial charge in [-0.2, -0.15) is 15.2 Å². The first-order valence-electron chi connectivity index (χ1n) is 9.61. The Balaban J connectivity index is 1.37. The molecule has 0 radical (unpaired) electrons. The lowest BCUT2D eigenvalue weighted by Crippen LogP contribution is -2.02. The number of hydrogen-bond donors (Lipinski definition) is 4. The van der Waals surface area contributed by atoms with Crippen molar-refractivity contribution < 1.29 is 0 Å². The summed E-state index contributed by atoms with van der Waals surface area (Å²) in [5.74, 6) is 2.62. The van der Waals surface area contributed by atoms with Crippen LogP contribution in [0.4, 0.5) is 23.3 Å². The standard InChI is InChI=1S/C21H18N8/c1-2-4-16-15(3-1)20(25-19-10-18(28-29-19)12-5-6-12)26-21(24-16)23-14-8-7-13-11-22-27-17(13)9-14/h1-4,7-12H,5-6H2,(H,22,27)(H3,23,24,25,26,28,29). The SMILES string of the molecule is c1ccc2c(Nc3cc(C4CC4)[nH]n3)nc(Nc3ccc4cn[nH]c4c3)nc2c1. The average Bonchev–Trinajstić information content (AvgIpc) is 3.30. The van der Waals surface area contributed by atoms with Crippen LogP contribution in [0.25, 0.3) is 21.8 Å². The van der Waals surface area contributed by atoms with Gasteiger partial charge in [0.1, 0.15) is 5.82 Å². The summed E-state index contributed by atoms with van der Waals surface area (Å²) in [5.41, 5.74) is 3.88. The molecule has 3 aromatic heterocycles. The van der Waals surface area contributed by atoms with Crippen molar-refractivity contribution >= 4 is 45.1 Å². The third kappa shape index (κ3) is 3.04. The lowest BCUT2D eigenvalue weighted by Gasteiger charge is -2.10. The largest absolute Gasteiger partial charge is 0.324 e. The highest BCUT2D eigenvalue weighted by atomic mass is 15.2. The minimum Gasteiger partial charge on any atom is -0.324 e. The Kier molecular flexibility index (Phi) is 3.49. The summed E-state index contributed by atoms with van der Waals surface area (Å²) in [7, 11) is 0. The van der Waals surface area contributed by atoms with Crippen LogP contribution in [0, 0.1) is 0 Å². The zero-order valence-corrected chi connectivity index (χ0v) is 15.5. The molecule has 1 aliphatic rings. The van der Waals surface area contributed by atoms with E-state index in [1.807, 2.05) is 42.5 Å². The van der Waals surface area contributed by atoms with Crippen LogP contribution in [0.15, 0.2) is 54.7 Å². The molecule has 8 heteroatoms. The fraction of sp³-hybridized carbons (Fsp3) is 0.143. The molecule has 0 atom stereocenters. The van der Waals surface area contributed by atoms with E-state index in [2.05, 4.69) is 42.1 Å². The average molecular weight is 382 g/mol. The van der Waals surface area contributed by atoms with E-state index in [-0.39, 0.29) is 0 Å². The van der Waals surface area contributed by atoms with E-state index >= 15 is 0 Å². The summed E-state index contributed by atoms with van der Waals surface area (Å²) in [5, 5.41) is 23.2. The van der Waals surface area contributed by atoms with Crippen molar-refractivity contribution in [3.05, 3.63) is 60.4 Å². The van der Waals surface area contributed by atoms with Gasteiger partial charge < -0.3 is 10.6 Å². The maximum absolute atomic E-state index is 4.72. The fourth-order valence-corrected chi connectivity index (χ4v) is 3.50. The van der Waals surface area contributed by atoms with Crippen molar-refractivity contribution in [1.82, 2.24) is 30.4 Å². The fourth-order valence-electron chi connectivity index (χ4n) is 3.50. The van der Waals surface area contributed by atoms with E-state index in [1.54, 1.807) is 6.20 Å². The van der Waals surface area contributed by atoms with Crippen molar-refractivity contribution in [2.45, 2.75) is 18.8 Å². The first kappa shape index (κ1) is 16.1.